The van der Waals surface area contributed by atoms with Crippen LogP contribution >= 0.6 is 0 Å². The average Bonchev–Trinajstić information content (AvgIpc) is 2.49. The van der Waals surface area contributed by atoms with E-state index in [9.17, 15) is 8.60 Å². The van der Waals surface area contributed by atoms with Gasteiger partial charge in [0.2, 0.25) is 0 Å². The van der Waals surface area contributed by atoms with Crippen LogP contribution in [0.15, 0.2) is 23.1 Å². The molecule has 1 saturated heterocycles. The maximum absolute atomic E-state index is 13.3. The van der Waals surface area contributed by atoms with E-state index < -0.39 is 22.2 Å². The zero-order valence-electron chi connectivity index (χ0n) is 11.7. The number of hydrogen-bond acceptors (Lipinski definition) is 3. The third-order valence-electron chi connectivity index (χ3n) is 3.44. The Morgan fingerprint density at radius 2 is 2.00 bits per heavy atom. The molecule has 2 N–H and O–H groups in total. The SMILES string of the molecule is CC1(C)CC(S(=O)c2cc(F)ccc2N)C(C)(C)O1. The van der Waals surface area contributed by atoms with E-state index in [-0.39, 0.29) is 10.9 Å². The quantitative estimate of drug-likeness (QED) is 0.850. The second-order valence-electron chi connectivity index (χ2n) is 6.14. The summed E-state index contributed by atoms with van der Waals surface area (Å²) in [6.07, 6.45) is 0.655. The van der Waals surface area contributed by atoms with Crippen LogP contribution in [0.5, 0.6) is 0 Å². The number of hydrogen-bond donors (Lipinski definition) is 1. The van der Waals surface area contributed by atoms with Gasteiger partial charge in [0.1, 0.15) is 5.82 Å². The minimum Gasteiger partial charge on any atom is -0.398 e. The average molecular weight is 285 g/mol. The summed E-state index contributed by atoms with van der Waals surface area (Å²) in [6, 6.07) is 3.99. The summed E-state index contributed by atoms with van der Waals surface area (Å²) in [6.45, 7) is 7.78. The first-order valence-corrected chi connectivity index (χ1v) is 7.49. The third kappa shape index (κ3) is 2.82. The molecule has 1 aromatic carbocycles. The van der Waals surface area contributed by atoms with E-state index >= 15 is 0 Å². The molecule has 0 bridgehead atoms. The van der Waals surface area contributed by atoms with Gasteiger partial charge in [0.25, 0.3) is 0 Å². The molecule has 2 unspecified atom stereocenters. The van der Waals surface area contributed by atoms with Crippen molar-refractivity contribution >= 4 is 16.5 Å². The Labute approximate surface area is 115 Å². The molecule has 5 heteroatoms. The lowest BCUT2D eigenvalue weighted by molar-refractivity contribution is -0.0633. The lowest BCUT2D eigenvalue weighted by Crippen LogP contribution is -2.36. The second kappa shape index (κ2) is 4.56. The molecule has 3 nitrogen and oxygen atoms in total. The molecule has 0 spiro atoms. The standard InChI is InChI=1S/C14H20FNO2S/c1-13(2)8-12(14(3,4)18-13)19(17)11-7-9(15)5-6-10(11)16/h5-7,12H,8,16H2,1-4H3. The van der Waals surface area contributed by atoms with E-state index in [1.807, 2.05) is 27.7 Å². The van der Waals surface area contributed by atoms with Crippen LogP contribution in [0.25, 0.3) is 0 Å². The largest absolute Gasteiger partial charge is 0.398 e. The minimum absolute atomic E-state index is 0.202. The van der Waals surface area contributed by atoms with Crippen molar-refractivity contribution in [3.05, 3.63) is 24.0 Å². The first kappa shape index (κ1) is 14.5. The second-order valence-corrected chi connectivity index (χ2v) is 7.74. The highest BCUT2D eigenvalue weighted by Gasteiger charge is 2.49. The van der Waals surface area contributed by atoms with Crippen molar-refractivity contribution in [2.75, 3.05) is 5.73 Å². The van der Waals surface area contributed by atoms with E-state index in [1.54, 1.807) is 0 Å². The van der Waals surface area contributed by atoms with Gasteiger partial charge in [-0.3, -0.25) is 4.21 Å². The van der Waals surface area contributed by atoms with Gasteiger partial charge >= 0.3 is 0 Å². The van der Waals surface area contributed by atoms with Gasteiger partial charge in [0.05, 0.1) is 32.1 Å². The number of nitrogen functional groups attached to an aromatic ring is 1. The normalized spacial score (nSPS) is 26.3. The zero-order chi connectivity index (χ0) is 14.4. The molecule has 1 aliphatic rings. The Balaban J connectivity index is 2.37. The van der Waals surface area contributed by atoms with Crippen molar-refractivity contribution in [3.8, 4) is 0 Å². The predicted octanol–water partition coefficient (Wildman–Crippen LogP) is 2.86. The van der Waals surface area contributed by atoms with Gasteiger partial charge in [-0.15, -0.1) is 0 Å². The summed E-state index contributed by atoms with van der Waals surface area (Å²) in [4.78, 5) is 0.361. The van der Waals surface area contributed by atoms with Crippen molar-refractivity contribution in [1.82, 2.24) is 0 Å². The molecule has 0 radical (unpaired) electrons. The lowest BCUT2D eigenvalue weighted by Gasteiger charge is -2.27. The predicted molar refractivity (Wildman–Crippen MR) is 74.9 cm³/mol. The summed E-state index contributed by atoms with van der Waals surface area (Å²) in [5.74, 6) is -0.423. The highest BCUT2D eigenvalue weighted by Crippen LogP contribution is 2.42. The van der Waals surface area contributed by atoms with E-state index in [2.05, 4.69) is 0 Å². The number of nitrogens with two attached hydrogens (primary N) is 1. The zero-order valence-corrected chi connectivity index (χ0v) is 12.5. The van der Waals surface area contributed by atoms with E-state index in [0.29, 0.717) is 17.0 Å². The molecule has 2 rings (SSSR count). The Morgan fingerprint density at radius 1 is 1.37 bits per heavy atom. The molecule has 1 aromatic rings. The van der Waals surface area contributed by atoms with Crippen LogP contribution in [0.3, 0.4) is 0 Å². The highest BCUT2D eigenvalue weighted by molar-refractivity contribution is 7.86. The minimum atomic E-state index is -1.39. The topological polar surface area (TPSA) is 52.3 Å². The van der Waals surface area contributed by atoms with Crippen molar-refractivity contribution in [2.24, 2.45) is 0 Å². The fraction of sp³-hybridized carbons (Fsp3) is 0.571. The van der Waals surface area contributed by atoms with Crippen LogP contribution in [-0.2, 0) is 15.5 Å². The Hall–Kier alpha value is -0.940. The molecule has 0 amide bonds. The van der Waals surface area contributed by atoms with E-state index in [0.717, 1.165) is 0 Å². The van der Waals surface area contributed by atoms with E-state index in [4.69, 9.17) is 10.5 Å². The molecule has 0 aliphatic carbocycles. The van der Waals surface area contributed by atoms with Gasteiger partial charge in [-0.2, -0.15) is 0 Å². The number of rotatable bonds is 2. The van der Waals surface area contributed by atoms with Crippen molar-refractivity contribution in [1.29, 1.82) is 0 Å². The number of anilines is 1. The molecule has 1 heterocycles. The molecular formula is C14H20FNO2S. The first-order valence-electron chi connectivity index (χ1n) is 6.28. The Bertz CT molecular complexity index is 528. The molecule has 19 heavy (non-hydrogen) atoms. The molecule has 0 aromatic heterocycles. The van der Waals surface area contributed by atoms with Gasteiger partial charge in [-0.1, -0.05) is 0 Å². The number of benzene rings is 1. The monoisotopic (exact) mass is 285 g/mol. The fourth-order valence-electron chi connectivity index (χ4n) is 2.68. The maximum Gasteiger partial charge on any atom is 0.124 e. The summed E-state index contributed by atoms with van der Waals surface area (Å²) in [7, 11) is -1.39. The molecular weight excluding hydrogens is 265 g/mol. The molecule has 2 atom stereocenters. The van der Waals surface area contributed by atoms with Gasteiger partial charge < -0.3 is 10.5 Å². The molecule has 1 fully saturated rings. The first-order chi connectivity index (χ1) is 8.62. The number of halogens is 1. The van der Waals surface area contributed by atoms with Crippen LogP contribution < -0.4 is 5.73 Å². The van der Waals surface area contributed by atoms with Gasteiger partial charge in [0.15, 0.2) is 0 Å². The lowest BCUT2D eigenvalue weighted by atomic mass is 10.0. The Morgan fingerprint density at radius 3 is 2.53 bits per heavy atom. The maximum atomic E-state index is 13.3. The van der Waals surface area contributed by atoms with Crippen molar-refractivity contribution in [3.63, 3.8) is 0 Å². The van der Waals surface area contributed by atoms with Crippen molar-refractivity contribution in [2.45, 2.75) is 55.5 Å². The summed E-state index contributed by atoms with van der Waals surface area (Å²) in [5.41, 5.74) is 5.33. The van der Waals surface area contributed by atoms with Crippen LogP contribution in [0.2, 0.25) is 0 Å². The van der Waals surface area contributed by atoms with Crippen molar-refractivity contribution < 1.29 is 13.3 Å². The van der Waals surface area contributed by atoms with Crippen LogP contribution in [0, 0.1) is 5.82 Å². The third-order valence-corrected chi connectivity index (χ3v) is 5.48. The molecule has 0 saturated carbocycles. The van der Waals surface area contributed by atoms with Gasteiger partial charge in [0, 0.05) is 5.69 Å². The van der Waals surface area contributed by atoms with Gasteiger partial charge in [-0.05, 0) is 52.3 Å². The fourth-order valence-corrected chi connectivity index (χ4v) is 4.63. The number of ether oxygens (including phenoxy) is 1. The Kier molecular flexibility index (Phi) is 3.47. The smallest absolute Gasteiger partial charge is 0.124 e. The van der Waals surface area contributed by atoms with Gasteiger partial charge in [-0.25, -0.2) is 4.39 Å². The summed E-state index contributed by atoms with van der Waals surface area (Å²) in [5, 5.41) is -0.202. The molecule has 1 aliphatic heterocycles. The molecule has 106 valence electrons. The van der Waals surface area contributed by atoms with Crippen LogP contribution in [-0.4, -0.2) is 20.7 Å². The summed E-state index contributed by atoms with van der Waals surface area (Å²) < 4.78 is 32.0. The van der Waals surface area contributed by atoms with Crippen LogP contribution in [0.1, 0.15) is 34.1 Å². The summed E-state index contributed by atoms with van der Waals surface area (Å²) >= 11 is 0. The highest BCUT2D eigenvalue weighted by atomic mass is 32.2. The van der Waals surface area contributed by atoms with E-state index in [1.165, 1.54) is 18.2 Å². The van der Waals surface area contributed by atoms with Crippen LogP contribution in [0.4, 0.5) is 10.1 Å².